The van der Waals surface area contributed by atoms with E-state index in [1.807, 2.05) is 12.1 Å². The van der Waals surface area contributed by atoms with Gasteiger partial charge in [0.05, 0.1) is 13.7 Å². The van der Waals surface area contributed by atoms with Crippen molar-refractivity contribution in [2.45, 2.75) is 32.7 Å². The number of hydrogen-bond donors (Lipinski definition) is 1. The van der Waals surface area contributed by atoms with Crippen LogP contribution in [-0.2, 0) is 4.74 Å². The minimum Gasteiger partial charge on any atom is -0.493 e. The van der Waals surface area contributed by atoms with Gasteiger partial charge in [0.2, 0.25) is 0 Å². The predicted octanol–water partition coefficient (Wildman–Crippen LogP) is 3.17. The Morgan fingerprint density at radius 3 is 2.50 bits per heavy atom. The largest absolute Gasteiger partial charge is 0.493 e. The molecule has 1 N–H and O–H groups in total. The van der Waals surface area contributed by atoms with Gasteiger partial charge in [-0.2, -0.15) is 0 Å². The van der Waals surface area contributed by atoms with E-state index >= 15 is 0 Å². The summed E-state index contributed by atoms with van der Waals surface area (Å²) in [6.45, 7) is 6.65. The molecule has 1 rings (SSSR count). The molecule has 0 aromatic heterocycles. The van der Waals surface area contributed by atoms with Crippen LogP contribution >= 0.6 is 0 Å². The molecule has 0 aliphatic rings. The summed E-state index contributed by atoms with van der Waals surface area (Å²) >= 11 is 0. The molecular weight excluding hydrogens is 254 g/mol. The maximum Gasteiger partial charge on any atom is 0.161 e. The molecule has 0 spiro atoms. The monoisotopic (exact) mass is 281 g/mol. The lowest BCUT2D eigenvalue weighted by atomic mass is 10.1. The Kier molecular flexibility index (Phi) is 8.07. The first kappa shape index (κ1) is 16.8. The molecule has 0 amide bonds. The van der Waals surface area contributed by atoms with E-state index in [1.54, 1.807) is 14.2 Å². The molecule has 0 radical (unpaired) electrons. The molecule has 0 saturated carbocycles. The Labute approximate surface area is 122 Å². The standard InChI is InChI=1S/C16H27NO3/c1-5-17-13(2)14-8-9-15(16(12-14)19-4)20-11-7-6-10-18-3/h8-9,12-13,17H,5-7,10-11H2,1-4H3. The molecule has 20 heavy (non-hydrogen) atoms. The Morgan fingerprint density at radius 1 is 1.10 bits per heavy atom. The molecule has 4 nitrogen and oxygen atoms in total. The van der Waals surface area contributed by atoms with Crippen molar-refractivity contribution in [1.29, 1.82) is 0 Å². The van der Waals surface area contributed by atoms with Gasteiger partial charge < -0.3 is 19.5 Å². The zero-order valence-electron chi connectivity index (χ0n) is 13.1. The summed E-state index contributed by atoms with van der Waals surface area (Å²) in [7, 11) is 3.39. The van der Waals surface area contributed by atoms with Gasteiger partial charge in [-0.1, -0.05) is 13.0 Å². The van der Waals surface area contributed by atoms with Gasteiger partial charge in [0.15, 0.2) is 11.5 Å². The van der Waals surface area contributed by atoms with E-state index in [4.69, 9.17) is 14.2 Å². The highest BCUT2D eigenvalue weighted by Gasteiger charge is 2.09. The predicted molar refractivity (Wildman–Crippen MR) is 81.7 cm³/mol. The first-order chi connectivity index (χ1) is 9.72. The van der Waals surface area contributed by atoms with Gasteiger partial charge in [-0.3, -0.25) is 0 Å². The Hall–Kier alpha value is -1.26. The van der Waals surface area contributed by atoms with Crippen LogP contribution < -0.4 is 14.8 Å². The average molecular weight is 281 g/mol. The number of benzene rings is 1. The highest BCUT2D eigenvalue weighted by Crippen LogP contribution is 2.30. The van der Waals surface area contributed by atoms with Crippen molar-refractivity contribution in [1.82, 2.24) is 5.32 Å². The normalized spacial score (nSPS) is 12.2. The summed E-state index contributed by atoms with van der Waals surface area (Å²) in [4.78, 5) is 0. The molecular formula is C16H27NO3. The lowest BCUT2D eigenvalue weighted by molar-refractivity contribution is 0.183. The van der Waals surface area contributed by atoms with Gasteiger partial charge in [-0.25, -0.2) is 0 Å². The summed E-state index contributed by atoms with van der Waals surface area (Å²) < 4.78 is 16.2. The average Bonchev–Trinajstić information content (AvgIpc) is 2.47. The van der Waals surface area contributed by atoms with Crippen LogP contribution in [0, 0.1) is 0 Å². The van der Waals surface area contributed by atoms with Gasteiger partial charge in [0, 0.05) is 19.8 Å². The van der Waals surface area contributed by atoms with Gasteiger partial charge in [0.25, 0.3) is 0 Å². The lowest BCUT2D eigenvalue weighted by Crippen LogP contribution is -2.17. The van der Waals surface area contributed by atoms with Crippen molar-refractivity contribution in [3.05, 3.63) is 23.8 Å². The zero-order chi connectivity index (χ0) is 14.8. The van der Waals surface area contributed by atoms with Crippen molar-refractivity contribution in [3.63, 3.8) is 0 Å². The molecule has 0 fully saturated rings. The Balaban J connectivity index is 2.58. The van der Waals surface area contributed by atoms with Crippen LogP contribution in [0.3, 0.4) is 0 Å². The highest BCUT2D eigenvalue weighted by atomic mass is 16.5. The summed E-state index contributed by atoms with van der Waals surface area (Å²) in [5, 5.41) is 3.39. The van der Waals surface area contributed by atoms with Crippen LogP contribution in [-0.4, -0.2) is 34.0 Å². The smallest absolute Gasteiger partial charge is 0.161 e. The van der Waals surface area contributed by atoms with E-state index in [-0.39, 0.29) is 0 Å². The van der Waals surface area contributed by atoms with Crippen LogP contribution in [0.4, 0.5) is 0 Å². The fourth-order valence-electron chi connectivity index (χ4n) is 2.03. The SMILES string of the molecule is CCNC(C)c1ccc(OCCCCOC)c(OC)c1. The topological polar surface area (TPSA) is 39.7 Å². The fraction of sp³-hybridized carbons (Fsp3) is 0.625. The zero-order valence-corrected chi connectivity index (χ0v) is 13.1. The second kappa shape index (κ2) is 9.61. The number of nitrogens with one attached hydrogen (secondary N) is 1. The molecule has 1 unspecified atom stereocenters. The van der Waals surface area contributed by atoms with E-state index in [1.165, 1.54) is 5.56 Å². The van der Waals surface area contributed by atoms with Crippen LogP contribution in [0.15, 0.2) is 18.2 Å². The van der Waals surface area contributed by atoms with E-state index < -0.39 is 0 Å². The van der Waals surface area contributed by atoms with Crippen molar-refractivity contribution >= 4 is 0 Å². The fourth-order valence-corrected chi connectivity index (χ4v) is 2.03. The molecule has 114 valence electrons. The minimum atomic E-state index is 0.310. The van der Waals surface area contributed by atoms with Crippen molar-refractivity contribution in [2.24, 2.45) is 0 Å². The molecule has 1 atom stereocenters. The van der Waals surface area contributed by atoms with E-state index in [9.17, 15) is 0 Å². The van der Waals surface area contributed by atoms with Gasteiger partial charge in [0.1, 0.15) is 0 Å². The molecule has 0 aliphatic heterocycles. The summed E-state index contributed by atoms with van der Waals surface area (Å²) in [6.07, 6.45) is 1.99. The number of hydrogen-bond acceptors (Lipinski definition) is 4. The molecule has 0 aliphatic carbocycles. The molecule has 0 heterocycles. The number of ether oxygens (including phenoxy) is 3. The van der Waals surface area contributed by atoms with Crippen LogP contribution in [0.2, 0.25) is 0 Å². The van der Waals surface area contributed by atoms with E-state index in [0.717, 1.165) is 37.5 Å². The van der Waals surface area contributed by atoms with Gasteiger partial charge in [-0.15, -0.1) is 0 Å². The van der Waals surface area contributed by atoms with Gasteiger partial charge in [-0.05, 0) is 44.0 Å². The summed E-state index contributed by atoms with van der Waals surface area (Å²) in [5.74, 6) is 1.59. The number of rotatable bonds is 10. The molecule has 4 heteroatoms. The lowest BCUT2D eigenvalue weighted by Gasteiger charge is -2.16. The van der Waals surface area contributed by atoms with Crippen molar-refractivity contribution < 1.29 is 14.2 Å². The van der Waals surface area contributed by atoms with Crippen molar-refractivity contribution in [3.8, 4) is 11.5 Å². The first-order valence-corrected chi connectivity index (χ1v) is 7.26. The molecule has 0 bridgehead atoms. The maximum absolute atomic E-state index is 5.77. The third-order valence-electron chi connectivity index (χ3n) is 3.20. The number of unbranched alkanes of at least 4 members (excludes halogenated alkanes) is 1. The van der Waals surface area contributed by atoms with E-state index in [2.05, 4.69) is 25.2 Å². The van der Waals surface area contributed by atoms with E-state index in [0.29, 0.717) is 12.6 Å². The highest BCUT2D eigenvalue weighted by molar-refractivity contribution is 5.43. The second-order valence-electron chi connectivity index (χ2n) is 4.74. The second-order valence-corrected chi connectivity index (χ2v) is 4.74. The Bertz CT molecular complexity index is 382. The maximum atomic E-state index is 5.77. The third kappa shape index (κ3) is 5.39. The van der Waals surface area contributed by atoms with Crippen LogP contribution in [0.1, 0.15) is 38.3 Å². The molecule has 0 saturated heterocycles. The Morgan fingerprint density at radius 2 is 1.85 bits per heavy atom. The molecule has 1 aromatic carbocycles. The quantitative estimate of drug-likeness (QED) is 0.669. The van der Waals surface area contributed by atoms with Crippen molar-refractivity contribution in [2.75, 3.05) is 34.0 Å². The summed E-state index contributed by atoms with van der Waals surface area (Å²) in [5.41, 5.74) is 1.20. The number of methoxy groups -OCH3 is 2. The van der Waals surface area contributed by atoms with Crippen LogP contribution in [0.25, 0.3) is 0 Å². The van der Waals surface area contributed by atoms with Crippen LogP contribution in [0.5, 0.6) is 11.5 Å². The van der Waals surface area contributed by atoms with Gasteiger partial charge >= 0.3 is 0 Å². The first-order valence-electron chi connectivity index (χ1n) is 7.26. The summed E-state index contributed by atoms with van der Waals surface area (Å²) in [6, 6.07) is 6.42. The minimum absolute atomic E-state index is 0.310. The third-order valence-corrected chi connectivity index (χ3v) is 3.20. The molecule has 1 aromatic rings.